The Morgan fingerprint density at radius 2 is 1.83 bits per heavy atom. The lowest BCUT2D eigenvalue weighted by atomic mass is 10.2. The van der Waals surface area contributed by atoms with E-state index in [0.29, 0.717) is 34.6 Å². The number of aryl methyl sites for hydroxylation is 1. The van der Waals surface area contributed by atoms with Gasteiger partial charge in [0.25, 0.3) is 0 Å². The molecule has 0 amide bonds. The van der Waals surface area contributed by atoms with Crippen LogP contribution in [0.25, 0.3) is 11.5 Å². The van der Waals surface area contributed by atoms with E-state index < -0.39 is 0 Å². The minimum Gasteiger partial charge on any atom is -0.487 e. The Bertz CT molecular complexity index is 807. The summed E-state index contributed by atoms with van der Waals surface area (Å²) in [7, 11) is 0. The topological polar surface area (TPSA) is 52.3 Å². The molecule has 0 saturated heterocycles. The highest BCUT2D eigenvalue weighted by Gasteiger charge is 2.12. The first-order valence-electron chi connectivity index (χ1n) is 7.06. The third kappa shape index (κ3) is 3.60. The molecule has 0 saturated carbocycles. The normalized spacial score (nSPS) is 10.5. The molecule has 1 heterocycles. The van der Waals surface area contributed by atoms with Crippen LogP contribution in [0.15, 0.2) is 52.9 Å². The summed E-state index contributed by atoms with van der Waals surface area (Å²) in [6.07, 6.45) is 0.796. The van der Waals surface area contributed by atoms with Crippen LogP contribution in [0.4, 0.5) is 0 Å². The first-order chi connectivity index (χ1) is 11.2. The van der Waals surface area contributed by atoms with Crippen LogP contribution in [0.2, 0.25) is 5.02 Å². The molecule has 0 aliphatic carbocycles. The van der Waals surface area contributed by atoms with Crippen molar-refractivity contribution >= 4 is 17.9 Å². The Kier molecular flexibility index (Phi) is 4.44. The smallest absolute Gasteiger partial charge is 0.226 e. The number of hydrogen-bond donors (Lipinski definition) is 0. The molecule has 23 heavy (non-hydrogen) atoms. The molecular formula is C18H14ClNO3. The van der Waals surface area contributed by atoms with Crippen LogP contribution in [0.1, 0.15) is 21.8 Å². The fraction of sp³-hybridized carbons (Fsp3) is 0.111. The molecule has 3 aromatic rings. The van der Waals surface area contributed by atoms with Crippen molar-refractivity contribution in [3.05, 3.63) is 70.6 Å². The van der Waals surface area contributed by atoms with Gasteiger partial charge in [-0.1, -0.05) is 11.6 Å². The zero-order valence-electron chi connectivity index (χ0n) is 12.5. The van der Waals surface area contributed by atoms with Crippen molar-refractivity contribution < 1.29 is 13.9 Å². The van der Waals surface area contributed by atoms with Crippen LogP contribution in [-0.4, -0.2) is 11.3 Å². The maximum atomic E-state index is 10.6. The number of halogens is 1. The SMILES string of the molecule is Cc1oc(-c2ccc(Cl)cc2)nc1COc1ccc(C=O)cc1. The second kappa shape index (κ2) is 6.67. The van der Waals surface area contributed by atoms with E-state index in [9.17, 15) is 4.79 Å². The summed E-state index contributed by atoms with van der Waals surface area (Å²) < 4.78 is 11.4. The number of carbonyl (C=O) groups is 1. The van der Waals surface area contributed by atoms with Crippen molar-refractivity contribution in [3.8, 4) is 17.2 Å². The maximum Gasteiger partial charge on any atom is 0.226 e. The summed E-state index contributed by atoms with van der Waals surface area (Å²) in [5.41, 5.74) is 2.20. The number of benzene rings is 2. The van der Waals surface area contributed by atoms with Gasteiger partial charge in [-0.3, -0.25) is 4.79 Å². The van der Waals surface area contributed by atoms with Gasteiger partial charge in [0.15, 0.2) is 0 Å². The number of aldehydes is 1. The average Bonchev–Trinajstić information content (AvgIpc) is 2.95. The molecule has 0 N–H and O–H groups in total. The molecular weight excluding hydrogens is 314 g/mol. The predicted octanol–water partition coefficient (Wildman–Crippen LogP) is 4.69. The first kappa shape index (κ1) is 15.3. The molecule has 4 nitrogen and oxygen atoms in total. The van der Waals surface area contributed by atoms with Crippen molar-refractivity contribution in [1.82, 2.24) is 4.98 Å². The van der Waals surface area contributed by atoms with Crippen molar-refractivity contribution in [3.63, 3.8) is 0 Å². The van der Waals surface area contributed by atoms with Gasteiger partial charge in [0.05, 0.1) is 0 Å². The minimum absolute atomic E-state index is 0.295. The van der Waals surface area contributed by atoms with E-state index in [1.807, 2.05) is 19.1 Å². The van der Waals surface area contributed by atoms with Crippen molar-refractivity contribution in [2.24, 2.45) is 0 Å². The van der Waals surface area contributed by atoms with Gasteiger partial charge in [-0.05, 0) is 55.5 Å². The number of nitrogens with zero attached hydrogens (tertiary/aromatic N) is 1. The summed E-state index contributed by atoms with van der Waals surface area (Å²) in [5, 5.41) is 0.666. The zero-order chi connectivity index (χ0) is 16.2. The minimum atomic E-state index is 0.295. The number of carbonyl (C=O) groups excluding carboxylic acids is 1. The Balaban J connectivity index is 1.73. The standard InChI is InChI=1S/C18H14ClNO3/c1-12-17(11-22-16-8-2-13(10-21)3-9-16)20-18(23-12)14-4-6-15(19)7-5-14/h2-10H,11H2,1H3. The largest absolute Gasteiger partial charge is 0.487 e. The first-order valence-corrected chi connectivity index (χ1v) is 7.44. The molecule has 2 aromatic carbocycles. The van der Waals surface area contributed by atoms with E-state index >= 15 is 0 Å². The number of oxazole rings is 1. The van der Waals surface area contributed by atoms with Gasteiger partial charge >= 0.3 is 0 Å². The second-order valence-electron chi connectivity index (χ2n) is 5.00. The van der Waals surface area contributed by atoms with Crippen molar-refractivity contribution in [1.29, 1.82) is 0 Å². The molecule has 0 atom stereocenters. The molecule has 0 aliphatic rings. The van der Waals surface area contributed by atoms with Gasteiger partial charge in [-0.2, -0.15) is 0 Å². The molecule has 0 radical (unpaired) electrons. The van der Waals surface area contributed by atoms with E-state index in [1.54, 1.807) is 36.4 Å². The van der Waals surface area contributed by atoms with Crippen LogP contribution in [-0.2, 0) is 6.61 Å². The van der Waals surface area contributed by atoms with E-state index in [4.69, 9.17) is 20.8 Å². The number of aromatic nitrogens is 1. The Morgan fingerprint density at radius 3 is 2.48 bits per heavy atom. The van der Waals surface area contributed by atoms with Gasteiger partial charge in [0.2, 0.25) is 5.89 Å². The molecule has 0 fully saturated rings. The van der Waals surface area contributed by atoms with Crippen LogP contribution < -0.4 is 4.74 Å². The number of ether oxygens (including phenoxy) is 1. The van der Waals surface area contributed by atoms with E-state index in [1.165, 1.54) is 0 Å². The summed E-state index contributed by atoms with van der Waals surface area (Å²) >= 11 is 5.88. The number of hydrogen-bond acceptors (Lipinski definition) is 4. The molecule has 0 spiro atoms. The molecule has 1 aromatic heterocycles. The third-order valence-electron chi connectivity index (χ3n) is 3.38. The average molecular weight is 328 g/mol. The van der Waals surface area contributed by atoms with Gasteiger partial charge in [0.1, 0.15) is 30.1 Å². The lowest BCUT2D eigenvalue weighted by Crippen LogP contribution is -1.97. The summed E-state index contributed by atoms with van der Waals surface area (Å²) in [6.45, 7) is 2.14. The van der Waals surface area contributed by atoms with Gasteiger partial charge in [-0.25, -0.2) is 4.98 Å². The molecule has 0 bridgehead atoms. The summed E-state index contributed by atoms with van der Waals surface area (Å²) in [4.78, 5) is 15.1. The Labute approximate surface area is 138 Å². The highest BCUT2D eigenvalue weighted by atomic mass is 35.5. The molecule has 116 valence electrons. The quantitative estimate of drug-likeness (QED) is 0.638. The fourth-order valence-electron chi connectivity index (χ4n) is 2.07. The van der Waals surface area contributed by atoms with Gasteiger partial charge in [-0.15, -0.1) is 0 Å². The zero-order valence-corrected chi connectivity index (χ0v) is 13.2. The monoisotopic (exact) mass is 327 g/mol. The number of rotatable bonds is 5. The van der Waals surface area contributed by atoms with E-state index in [2.05, 4.69) is 4.98 Å². The molecule has 0 unspecified atom stereocenters. The van der Waals surface area contributed by atoms with Crippen LogP contribution in [0.5, 0.6) is 5.75 Å². The fourth-order valence-corrected chi connectivity index (χ4v) is 2.20. The second-order valence-corrected chi connectivity index (χ2v) is 5.44. The maximum absolute atomic E-state index is 10.6. The highest BCUT2D eigenvalue weighted by molar-refractivity contribution is 6.30. The Hall–Kier alpha value is -2.59. The molecule has 0 aliphatic heterocycles. The summed E-state index contributed by atoms with van der Waals surface area (Å²) in [5.74, 6) is 1.92. The van der Waals surface area contributed by atoms with E-state index in [-0.39, 0.29) is 0 Å². The van der Waals surface area contributed by atoms with Crippen LogP contribution >= 0.6 is 11.6 Å². The summed E-state index contributed by atoms with van der Waals surface area (Å²) in [6, 6.07) is 14.2. The van der Waals surface area contributed by atoms with Crippen molar-refractivity contribution in [2.45, 2.75) is 13.5 Å². The van der Waals surface area contributed by atoms with Crippen LogP contribution in [0, 0.1) is 6.92 Å². The predicted molar refractivity (Wildman–Crippen MR) is 87.8 cm³/mol. The Morgan fingerprint density at radius 1 is 1.13 bits per heavy atom. The van der Waals surface area contributed by atoms with Crippen LogP contribution in [0.3, 0.4) is 0 Å². The van der Waals surface area contributed by atoms with Gasteiger partial charge in [0, 0.05) is 16.1 Å². The lowest BCUT2D eigenvalue weighted by molar-refractivity contribution is 0.112. The van der Waals surface area contributed by atoms with E-state index in [0.717, 1.165) is 17.5 Å². The van der Waals surface area contributed by atoms with Crippen molar-refractivity contribution in [2.75, 3.05) is 0 Å². The lowest BCUT2D eigenvalue weighted by Gasteiger charge is -2.04. The molecule has 3 rings (SSSR count). The van der Waals surface area contributed by atoms with Gasteiger partial charge < -0.3 is 9.15 Å². The molecule has 5 heteroatoms. The third-order valence-corrected chi connectivity index (χ3v) is 3.63. The highest BCUT2D eigenvalue weighted by Crippen LogP contribution is 2.24.